The average Bonchev–Trinajstić information content (AvgIpc) is 3.45. The van der Waals surface area contributed by atoms with Crippen molar-refractivity contribution in [3.05, 3.63) is 116 Å². The third-order valence-electron chi connectivity index (χ3n) is 5.89. The van der Waals surface area contributed by atoms with Crippen molar-refractivity contribution in [3.63, 3.8) is 0 Å². The molecule has 0 spiro atoms. The molecule has 0 saturated carbocycles. The standard InChI is InChI=1S/C28H19Cl2N3S2/c1-16-13-18(14-17(2)33(16)23-15-19(29)11-12-20(23)30)26(27-31-21-7-3-5-9-24(21)34-27)28-32-22-8-4-6-10-25(22)35-28/h3-15H,1-2H3. The van der Waals surface area contributed by atoms with Crippen molar-refractivity contribution >= 4 is 77.6 Å². The number of allylic oxidation sites excluding steroid dienone is 5. The lowest BCUT2D eigenvalue weighted by atomic mass is 10.0. The topological polar surface area (TPSA) is 29.0 Å². The molecule has 6 rings (SSSR count). The summed E-state index contributed by atoms with van der Waals surface area (Å²) >= 11 is 16.2. The smallest absolute Gasteiger partial charge is 0.128 e. The van der Waals surface area contributed by atoms with Crippen molar-refractivity contribution in [1.82, 2.24) is 9.97 Å². The zero-order valence-electron chi connectivity index (χ0n) is 18.9. The van der Waals surface area contributed by atoms with Crippen LogP contribution < -0.4 is 4.90 Å². The summed E-state index contributed by atoms with van der Waals surface area (Å²) in [5, 5.41) is 3.22. The van der Waals surface area contributed by atoms with Crippen LogP contribution in [-0.4, -0.2) is 9.97 Å². The molecule has 1 aliphatic rings. The number of benzene rings is 3. The van der Waals surface area contributed by atoms with E-state index < -0.39 is 0 Å². The fourth-order valence-electron chi connectivity index (χ4n) is 4.38. The Morgan fingerprint density at radius 1 is 0.743 bits per heavy atom. The largest absolute Gasteiger partial charge is 0.317 e. The van der Waals surface area contributed by atoms with Crippen molar-refractivity contribution in [3.8, 4) is 0 Å². The molecule has 3 aromatic carbocycles. The third-order valence-corrected chi connectivity index (χ3v) is 8.55. The molecule has 5 aromatic rings. The van der Waals surface area contributed by atoms with Gasteiger partial charge in [-0.3, -0.25) is 0 Å². The quantitative estimate of drug-likeness (QED) is 0.232. The molecule has 7 heteroatoms. The molecule has 0 unspecified atom stereocenters. The highest BCUT2D eigenvalue weighted by molar-refractivity contribution is 7.22. The molecule has 0 aliphatic carbocycles. The molecular weight excluding hydrogens is 513 g/mol. The second-order valence-corrected chi connectivity index (χ2v) is 11.2. The fourth-order valence-corrected chi connectivity index (χ4v) is 6.88. The number of anilines is 1. The Kier molecular flexibility index (Phi) is 5.73. The van der Waals surface area contributed by atoms with E-state index in [4.69, 9.17) is 33.2 Å². The molecule has 3 nitrogen and oxygen atoms in total. The molecule has 0 atom stereocenters. The van der Waals surface area contributed by atoms with Crippen LogP contribution in [0.15, 0.2) is 95.8 Å². The lowest BCUT2D eigenvalue weighted by Crippen LogP contribution is -2.22. The number of halogens is 2. The highest BCUT2D eigenvalue weighted by atomic mass is 35.5. The zero-order chi connectivity index (χ0) is 24.1. The van der Waals surface area contributed by atoms with Crippen molar-refractivity contribution in [2.45, 2.75) is 13.8 Å². The molecule has 35 heavy (non-hydrogen) atoms. The Morgan fingerprint density at radius 3 is 1.83 bits per heavy atom. The van der Waals surface area contributed by atoms with Crippen LogP contribution in [0.2, 0.25) is 10.0 Å². The van der Waals surface area contributed by atoms with Gasteiger partial charge in [-0.2, -0.15) is 0 Å². The predicted molar refractivity (Wildman–Crippen MR) is 152 cm³/mol. The summed E-state index contributed by atoms with van der Waals surface area (Å²) in [6.07, 6.45) is 4.36. The molecular formula is C28H19Cl2N3S2. The van der Waals surface area contributed by atoms with Gasteiger partial charge in [0.15, 0.2) is 0 Å². The predicted octanol–water partition coefficient (Wildman–Crippen LogP) is 9.34. The maximum absolute atomic E-state index is 6.56. The number of hydrogen-bond acceptors (Lipinski definition) is 5. The number of nitrogens with zero attached hydrogens (tertiary/aromatic N) is 3. The van der Waals surface area contributed by atoms with Crippen LogP contribution in [0.25, 0.3) is 26.0 Å². The molecule has 1 aliphatic heterocycles. The number of hydrogen-bond donors (Lipinski definition) is 0. The molecule has 2 aromatic heterocycles. The molecule has 0 N–H and O–H groups in total. The van der Waals surface area contributed by atoms with E-state index >= 15 is 0 Å². The zero-order valence-corrected chi connectivity index (χ0v) is 22.1. The van der Waals surface area contributed by atoms with E-state index in [0.29, 0.717) is 10.0 Å². The van der Waals surface area contributed by atoms with Crippen LogP contribution in [0.1, 0.15) is 23.9 Å². The minimum absolute atomic E-state index is 0.649. The van der Waals surface area contributed by atoms with E-state index in [-0.39, 0.29) is 0 Å². The fraction of sp³-hybridized carbons (Fsp3) is 0.0714. The first-order valence-electron chi connectivity index (χ1n) is 11.1. The van der Waals surface area contributed by atoms with Crippen molar-refractivity contribution in [2.24, 2.45) is 0 Å². The van der Waals surface area contributed by atoms with Gasteiger partial charge in [-0.15, -0.1) is 22.7 Å². The van der Waals surface area contributed by atoms with E-state index in [0.717, 1.165) is 58.7 Å². The average molecular weight is 533 g/mol. The van der Waals surface area contributed by atoms with E-state index in [1.54, 1.807) is 28.7 Å². The summed E-state index contributed by atoms with van der Waals surface area (Å²) in [5.41, 5.74) is 7.07. The van der Waals surface area contributed by atoms with Gasteiger partial charge in [0, 0.05) is 16.4 Å². The van der Waals surface area contributed by atoms with Crippen LogP contribution >= 0.6 is 45.9 Å². The number of aromatic nitrogens is 2. The van der Waals surface area contributed by atoms with Crippen molar-refractivity contribution < 1.29 is 0 Å². The van der Waals surface area contributed by atoms with E-state index in [9.17, 15) is 0 Å². The van der Waals surface area contributed by atoms with Gasteiger partial charge in [0.2, 0.25) is 0 Å². The molecule has 3 heterocycles. The summed E-state index contributed by atoms with van der Waals surface area (Å²) in [6, 6.07) is 22.0. The Labute approximate surface area is 221 Å². The second-order valence-electron chi connectivity index (χ2n) is 8.31. The van der Waals surface area contributed by atoms with Crippen LogP contribution in [0.5, 0.6) is 0 Å². The number of para-hydroxylation sites is 2. The monoisotopic (exact) mass is 531 g/mol. The Morgan fingerprint density at radius 2 is 1.29 bits per heavy atom. The highest BCUT2D eigenvalue weighted by Crippen LogP contribution is 2.41. The Balaban J connectivity index is 1.57. The van der Waals surface area contributed by atoms with Crippen LogP contribution in [0.4, 0.5) is 5.69 Å². The van der Waals surface area contributed by atoms with Gasteiger partial charge < -0.3 is 4.90 Å². The lowest BCUT2D eigenvalue weighted by Gasteiger charge is -2.31. The van der Waals surface area contributed by atoms with Crippen LogP contribution in [0, 0.1) is 0 Å². The molecule has 0 saturated heterocycles. The van der Waals surface area contributed by atoms with Crippen molar-refractivity contribution in [1.29, 1.82) is 0 Å². The third kappa shape index (κ3) is 4.09. The van der Waals surface area contributed by atoms with E-state index in [1.165, 1.54) is 0 Å². The number of fused-ring (bicyclic) bond motifs is 2. The van der Waals surface area contributed by atoms with Crippen LogP contribution in [0.3, 0.4) is 0 Å². The summed E-state index contributed by atoms with van der Waals surface area (Å²) in [5.74, 6) is 0. The Hall–Kier alpha value is -2.96. The van der Waals surface area contributed by atoms with Gasteiger partial charge in [0.1, 0.15) is 10.0 Å². The molecule has 0 fully saturated rings. The summed E-state index contributed by atoms with van der Waals surface area (Å²) in [7, 11) is 0. The van der Waals surface area contributed by atoms with Gasteiger partial charge in [0.25, 0.3) is 0 Å². The van der Waals surface area contributed by atoms with Gasteiger partial charge >= 0.3 is 0 Å². The van der Waals surface area contributed by atoms with Crippen molar-refractivity contribution in [2.75, 3.05) is 4.90 Å². The maximum atomic E-state index is 6.56. The molecule has 0 bridgehead atoms. The highest BCUT2D eigenvalue weighted by Gasteiger charge is 2.24. The normalized spacial score (nSPS) is 13.9. The number of rotatable bonds is 3. The first-order chi connectivity index (χ1) is 17.0. The van der Waals surface area contributed by atoms with Gasteiger partial charge in [-0.25, -0.2) is 9.97 Å². The summed E-state index contributed by atoms with van der Waals surface area (Å²) in [6.45, 7) is 4.17. The Bertz CT molecular complexity index is 1540. The van der Waals surface area contributed by atoms with Gasteiger partial charge in [0.05, 0.1) is 36.7 Å². The minimum atomic E-state index is 0.649. The first kappa shape index (κ1) is 22.5. The van der Waals surface area contributed by atoms with Gasteiger partial charge in [-0.1, -0.05) is 47.5 Å². The maximum Gasteiger partial charge on any atom is 0.128 e. The lowest BCUT2D eigenvalue weighted by molar-refractivity contribution is 1.04. The minimum Gasteiger partial charge on any atom is -0.317 e. The van der Waals surface area contributed by atoms with E-state index in [2.05, 4.69) is 67.3 Å². The number of thiazole rings is 2. The molecule has 0 amide bonds. The molecule has 0 radical (unpaired) electrons. The first-order valence-corrected chi connectivity index (χ1v) is 13.4. The molecule has 172 valence electrons. The van der Waals surface area contributed by atoms with Gasteiger partial charge in [-0.05, 0) is 74.0 Å². The van der Waals surface area contributed by atoms with Crippen LogP contribution in [-0.2, 0) is 0 Å². The second kappa shape index (κ2) is 8.92. The summed E-state index contributed by atoms with van der Waals surface area (Å²) < 4.78 is 2.32. The SMILES string of the molecule is CC1=CC(=C(c2nc3ccccc3s2)c2nc3ccccc3s2)C=C(C)N1c1cc(Cl)ccc1Cl. The summed E-state index contributed by atoms with van der Waals surface area (Å²) in [4.78, 5) is 12.1. The van der Waals surface area contributed by atoms with E-state index in [1.807, 2.05) is 24.3 Å².